The van der Waals surface area contributed by atoms with Crippen molar-refractivity contribution >= 4 is 23.7 Å². The van der Waals surface area contributed by atoms with Gasteiger partial charge in [0, 0.05) is 4.75 Å². The molecule has 0 N–H and O–H groups in total. The van der Waals surface area contributed by atoms with Crippen molar-refractivity contribution in [3.05, 3.63) is 30.2 Å². The molecule has 0 saturated heterocycles. The van der Waals surface area contributed by atoms with Gasteiger partial charge in [0.2, 0.25) is 5.89 Å². The molecular formula is C13H17NOS. The van der Waals surface area contributed by atoms with Crippen LogP contribution in [0, 0.1) is 0 Å². The first kappa shape index (κ1) is 11.5. The Bertz CT molecular complexity index is 475. The number of thiol groups is 1. The lowest BCUT2D eigenvalue weighted by Crippen LogP contribution is -2.38. The lowest BCUT2D eigenvalue weighted by Gasteiger charge is -2.34. The van der Waals surface area contributed by atoms with Gasteiger partial charge in [0.1, 0.15) is 5.52 Å². The molecule has 0 fully saturated rings. The third kappa shape index (κ3) is 1.73. The molecular weight excluding hydrogens is 218 g/mol. The number of nitrogens with zero attached hydrogens (tertiary/aromatic N) is 1. The van der Waals surface area contributed by atoms with E-state index in [1.165, 1.54) is 0 Å². The highest BCUT2D eigenvalue weighted by Crippen LogP contribution is 2.39. The number of hydrogen-bond donors (Lipinski definition) is 1. The molecule has 0 aliphatic rings. The standard InChI is InChI=1S/C13H17NOS/c1-12(2,13(3,4)16)11-14-9-7-5-6-8-10(9)15-11/h5-8,16H,1-4H3. The minimum atomic E-state index is -0.213. The summed E-state index contributed by atoms with van der Waals surface area (Å²) < 4.78 is 5.61. The van der Waals surface area contributed by atoms with Crippen LogP contribution >= 0.6 is 12.6 Å². The molecule has 0 atom stereocenters. The van der Waals surface area contributed by atoms with E-state index in [-0.39, 0.29) is 10.2 Å². The number of benzene rings is 1. The summed E-state index contributed by atoms with van der Waals surface area (Å²) in [5.74, 6) is 0.744. The summed E-state index contributed by atoms with van der Waals surface area (Å²) in [6.45, 7) is 8.35. The second kappa shape index (κ2) is 3.52. The van der Waals surface area contributed by atoms with E-state index in [2.05, 4.69) is 45.3 Å². The zero-order valence-electron chi connectivity index (χ0n) is 10.1. The van der Waals surface area contributed by atoms with Crippen molar-refractivity contribution in [2.24, 2.45) is 0 Å². The molecule has 0 bridgehead atoms. The average Bonchev–Trinajstić information content (AvgIpc) is 2.59. The number of oxazole rings is 1. The van der Waals surface area contributed by atoms with E-state index < -0.39 is 0 Å². The number of para-hydroxylation sites is 2. The van der Waals surface area contributed by atoms with Crippen molar-refractivity contribution in [2.45, 2.75) is 37.9 Å². The smallest absolute Gasteiger partial charge is 0.202 e. The van der Waals surface area contributed by atoms with Gasteiger partial charge < -0.3 is 4.42 Å². The summed E-state index contributed by atoms with van der Waals surface area (Å²) in [6.07, 6.45) is 0. The Morgan fingerprint density at radius 1 is 1.12 bits per heavy atom. The zero-order valence-corrected chi connectivity index (χ0v) is 11.0. The van der Waals surface area contributed by atoms with E-state index in [0.29, 0.717) is 0 Å². The molecule has 0 saturated carbocycles. The Morgan fingerprint density at radius 3 is 2.31 bits per heavy atom. The van der Waals surface area contributed by atoms with Crippen LogP contribution in [0.15, 0.2) is 28.7 Å². The first-order chi connectivity index (χ1) is 7.32. The van der Waals surface area contributed by atoms with Crippen molar-refractivity contribution in [3.63, 3.8) is 0 Å². The molecule has 0 aliphatic heterocycles. The molecule has 2 aromatic rings. The number of fused-ring (bicyclic) bond motifs is 1. The maximum absolute atomic E-state index is 5.80. The van der Waals surface area contributed by atoms with Crippen LogP contribution in [-0.4, -0.2) is 9.73 Å². The normalized spacial score (nSPS) is 13.3. The highest BCUT2D eigenvalue weighted by Gasteiger charge is 2.39. The predicted molar refractivity (Wildman–Crippen MR) is 70.1 cm³/mol. The minimum Gasteiger partial charge on any atom is -0.440 e. The Morgan fingerprint density at radius 2 is 1.75 bits per heavy atom. The third-order valence-corrected chi connectivity index (χ3v) is 3.92. The van der Waals surface area contributed by atoms with Crippen molar-refractivity contribution < 1.29 is 4.42 Å². The van der Waals surface area contributed by atoms with E-state index in [1.807, 2.05) is 24.3 Å². The fourth-order valence-electron chi connectivity index (χ4n) is 1.40. The molecule has 2 nitrogen and oxygen atoms in total. The van der Waals surface area contributed by atoms with Crippen LogP contribution in [0.25, 0.3) is 11.1 Å². The Balaban J connectivity index is 2.56. The fraction of sp³-hybridized carbons (Fsp3) is 0.462. The fourth-order valence-corrected chi connectivity index (χ4v) is 1.50. The highest BCUT2D eigenvalue weighted by molar-refractivity contribution is 7.81. The summed E-state index contributed by atoms with van der Waals surface area (Å²) in [7, 11) is 0. The van der Waals surface area contributed by atoms with E-state index in [9.17, 15) is 0 Å². The quantitative estimate of drug-likeness (QED) is 0.801. The summed E-state index contributed by atoms with van der Waals surface area (Å²) in [6, 6.07) is 7.82. The topological polar surface area (TPSA) is 26.0 Å². The van der Waals surface area contributed by atoms with Gasteiger partial charge >= 0.3 is 0 Å². The molecule has 16 heavy (non-hydrogen) atoms. The second-order valence-corrected chi connectivity index (χ2v) is 6.29. The molecule has 1 aromatic heterocycles. The van der Waals surface area contributed by atoms with Gasteiger partial charge in [0.05, 0.1) is 5.41 Å². The van der Waals surface area contributed by atoms with Crippen LogP contribution in [0.4, 0.5) is 0 Å². The van der Waals surface area contributed by atoms with Crippen LogP contribution in [0.3, 0.4) is 0 Å². The molecule has 0 spiro atoms. The highest BCUT2D eigenvalue weighted by atomic mass is 32.1. The van der Waals surface area contributed by atoms with Crippen LogP contribution < -0.4 is 0 Å². The molecule has 86 valence electrons. The SMILES string of the molecule is CC(C)(S)C(C)(C)c1nc2ccccc2o1. The van der Waals surface area contributed by atoms with Gasteiger partial charge in [0.15, 0.2) is 5.58 Å². The maximum atomic E-state index is 5.80. The van der Waals surface area contributed by atoms with Gasteiger partial charge in [-0.1, -0.05) is 12.1 Å². The first-order valence-corrected chi connectivity index (χ1v) is 5.85. The maximum Gasteiger partial charge on any atom is 0.202 e. The van der Waals surface area contributed by atoms with E-state index in [0.717, 1.165) is 17.0 Å². The Kier molecular flexibility index (Phi) is 2.54. The lowest BCUT2D eigenvalue weighted by molar-refractivity contribution is 0.325. The molecule has 0 aliphatic carbocycles. The summed E-state index contributed by atoms with van der Waals surface area (Å²) >= 11 is 4.63. The largest absolute Gasteiger partial charge is 0.440 e. The van der Waals surface area contributed by atoms with Crippen molar-refractivity contribution in [2.75, 3.05) is 0 Å². The monoisotopic (exact) mass is 235 g/mol. The third-order valence-electron chi connectivity index (χ3n) is 3.36. The number of hydrogen-bond acceptors (Lipinski definition) is 3. The van der Waals surface area contributed by atoms with Gasteiger partial charge in [-0.3, -0.25) is 0 Å². The average molecular weight is 235 g/mol. The van der Waals surface area contributed by atoms with Crippen LogP contribution in [-0.2, 0) is 5.41 Å². The van der Waals surface area contributed by atoms with Gasteiger partial charge in [-0.05, 0) is 39.8 Å². The molecule has 2 rings (SSSR count). The molecule has 0 radical (unpaired) electrons. The van der Waals surface area contributed by atoms with E-state index in [1.54, 1.807) is 0 Å². The van der Waals surface area contributed by atoms with Crippen LogP contribution in [0.2, 0.25) is 0 Å². The van der Waals surface area contributed by atoms with Crippen molar-refractivity contribution in [1.82, 2.24) is 4.98 Å². The molecule has 1 aromatic carbocycles. The van der Waals surface area contributed by atoms with Crippen LogP contribution in [0.5, 0.6) is 0 Å². The van der Waals surface area contributed by atoms with Gasteiger partial charge in [-0.2, -0.15) is 12.6 Å². The first-order valence-electron chi connectivity index (χ1n) is 5.41. The Labute approximate surface area is 101 Å². The summed E-state index contributed by atoms with van der Waals surface area (Å²) in [4.78, 5) is 4.54. The minimum absolute atomic E-state index is 0.187. The zero-order chi connectivity index (χ0) is 12.0. The molecule has 0 amide bonds. The number of aromatic nitrogens is 1. The van der Waals surface area contributed by atoms with Crippen LogP contribution in [0.1, 0.15) is 33.6 Å². The Hall–Kier alpha value is -0.960. The summed E-state index contributed by atoms with van der Waals surface area (Å²) in [5.41, 5.74) is 1.53. The summed E-state index contributed by atoms with van der Waals surface area (Å²) in [5, 5.41) is 0. The van der Waals surface area contributed by atoms with Gasteiger partial charge in [-0.15, -0.1) is 0 Å². The molecule has 0 unspecified atom stereocenters. The number of rotatable bonds is 2. The molecule has 3 heteroatoms. The van der Waals surface area contributed by atoms with Gasteiger partial charge in [0.25, 0.3) is 0 Å². The lowest BCUT2D eigenvalue weighted by atomic mass is 9.80. The van der Waals surface area contributed by atoms with Crippen molar-refractivity contribution in [3.8, 4) is 0 Å². The van der Waals surface area contributed by atoms with Crippen molar-refractivity contribution in [1.29, 1.82) is 0 Å². The van der Waals surface area contributed by atoms with E-state index >= 15 is 0 Å². The molecule has 1 heterocycles. The second-order valence-electron chi connectivity index (χ2n) is 5.17. The predicted octanol–water partition coefficient (Wildman–Crippen LogP) is 3.81. The van der Waals surface area contributed by atoms with Gasteiger partial charge in [-0.25, -0.2) is 4.98 Å². The van der Waals surface area contributed by atoms with E-state index in [4.69, 9.17) is 4.42 Å².